The first kappa shape index (κ1) is 21.3. The lowest BCUT2D eigenvalue weighted by Gasteiger charge is -2.15. The molecule has 6 nitrogen and oxygen atoms in total. The van der Waals surface area contributed by atoms with Gasteiger partial charge in [0.25, 0.3) is 0 Å². The Morgan fingerprint density at radius 3 is 2.44 bits per heavy atom. The van der Waals surface area contributed by atoms with E-state index in [1.807, 2.05) is 11.5 Å². The number of terminal acetylenes is 1. The van der Waals surface area contributed by atoms with Crippen LogP contribution in [0.4, 0.5) is 0 Å². The zero-order valence-electron chi connectivity index (χ0n) is 16.8. The lowest BCUT2D eigenvalue weighted by atomic mass is 9.91. The average Bonchev–Trinajstić information content (AvgIpc) is 3.31. The van der Waals surface area contributed by atoms with Gasteiger partial charge in [-0.05, 0) is 32.6 Å². The molecule has 0 spiro atoms. The third-order valence-corrected chi connectivity index (χ3v) is 4.93. The molecule has 2 aromatic rings. The highest BCUT2D eigenvalue weighted by atomic mass is 16.5. The molecule has 3 heterocycles. The summed E-state index contributed by atoms with van der Waals surface area (Å²) in [7, 11) is 0. The van der Waals surface area contributed by atoms with Crippen molar-refractivity contribution in [3.63, 3.8) is 0 Å². The summed E-state index contributed by atoms with van der Waals surface area (Å²) in [5.41, 5.74) is 2.50. The van der Waals surface area contributed by atoms with Crippen molar-refractivity contribution < 1.29 is 9.84 Å². The fraction of sp³-hybridized carbons (Fsp3) is 0.667. The third kappa shape index (κ3) is 6.02. The number of nitrogens with zero attached hydrogens (tertiary/aromatic N) is 4. The van der Waals surface area contributed by atoms with Crippen molar-refractivity contribution in [3.8, 4) is 12.3 Å². The molecule has 148 valence electrons. The normalized spacial score (nSPS) is 22.3. The van der Waals surface area contributed by atoms with Gasteiger partial charge >= 0.3 is 0 Å². The highest BCUT2D eigenvalue weighted by Crippen LogP contribution is 2.30. The largest absolute Gasteiger partial charge is 0.397 e. The van der Waals surface area contributed by atoms with E-state index in [9.17, 15) is 0 Å². The van der Waals surface area contributed by atoms with Gasteiger partial charge in [0, 0.05) is 6.61 Å². The van der Waals surface area contributed by atoms with Crippen molar-refractivity contribution in [2.75, 3.05) is 6.61 Å². The van der Waals surface area contributed by atoms with E-state index < -0.39 is 0 Å². The van der Waals surface area contributed by atoms with Gasteiger partial charge in [0.1, 0.15) is 24.2 Å². The lowest BCUT2D eigenvalue weighted by Crippen LogP contribution is -2.09. The number of aryl methyl sites for hydroxylation is 1. The summed E-state index contributed by atoms with van der Waals surface area (Å²) in [6.45, 7) is 6.21. The third-order valence-electron chi connectivity index (χ3n) is 4.93. The molecule has 0 bridgehead atoms. The number of hydrogen-bond donors (Lipinski definition) is 1. The molecule has 0 radical (unpaired) electrons. The van der Waals surface area contributed by atoms with Gasteiger partial charge in [-0.2, -0.15) is 0 Å². The molecule has 2 atom stereocenters. The maximum atomic E-state index is 7.57. The van der Waals surface area contributed by atoms with E-state index in [1.54, 1.807) is 19.6 Å². The molecule has 0 aromatic carbocycles. The van der Waals surface area contributed by atoms with Gasteiger partial charge in [0.05, 0.1) is 12.0 Å². The molecule has 4 rings (SSSR count). The van der Waals surface area contributed by atoms with Crippen LogP contribution in [0.5, 0.6) is 0 Å². The van der Waals surface area contributed by atoms with Crippen LogP contribution in [0.2, 0.25) is 0 Å². The minimum atomic E-state index is -0.0969. The summed E-state index contributed by atoms with van der Waals surface area (Å²) in [6, 6.07) is 0. The number of hydrogen-bond acceptors (Lipinski definition) is 5. The summed E-state index contributed by atoms with van der Waals surface area (Å²) in [4.78, 5) is 12.7. The van der Waals surface area contributed by atoms with Gasteiger partial charge in [-0.25, -0.2) is 15.0 Å². The molecule has 0 amide bonds. The van der Waals surface area contributed by atoms with Crippen molar-refractivity contribution in [1.29, 1.82) is 0 Å². The Hall–Kier alpha value is -1.97. The van der Waals surface area contributed by atoms with E-state index in [-0.39, 0.29) is 18.9 Å². The fourth-order valence-corrected chi connectivity index (χ4v) is 3.43. The standard InChI is InChI=1S/C12H12N4O.C7H14.C2H6O/c1-3-9-4-5-10(17-9)16-7-15-11-8(2)13-6-14-12(11)16;1-7-5-3-2-4-6-7;1-2-3/h1,6-7,9-10H,4-5H2,2H3;7H,2-6H2,1H3;3H,2H2,1H3. The second-order valence-electron chi connectivity index (χ2n) is 7.17. The van der Waals surface area contributed by atoms with Gasteiger partial charge in [0.15, 0.2) is 5.65 Å². The predicted molar refractivity (Wildman–Crippen MR) is 107 cm³/mol. The monoisotopic (exact) mass is 372 g/mol. The van der Waals surface area contributed by atoms with Crippen LogP contribution in [0.25, 0.3) is 11.2 Å². The van der Waals surface area contributed by atoms with Crippen molar-refractivity contribution >= 4 is 11.2 Å². The molecular formula is C21H32N4O2. The molecule has 1 aliphatic heterocycles. The molecule has 1 saturated heterocycles. The minimum absolute atomic E-state index is 0.0599. The SMILES string of the molecule is C#CC1CCC(n2cnc3c(C)ncnc32)O1.CC1CCCCC1.CCO. The van der Waals surface area contributed by atoms with Gasteiger partial charge in [-0.1, -0.05) is 44.9 Å². The molecule has 2 aliphatic rings. The van der Waals surface area contributed by atoms with Crippen LogP contribution < -0.4 is 0 Å². The summed E-state index contributed by atoms with van der Waals surface area (Å²) < 4.78 is 7.66. The second-order valence-corrected chi connectivity index (χ2v) is 7.17. The summed E-state index contributed by atoms with van der Waals surface area (Å²) in [6.07, 6.45) is 17.7. The molecule has 1 saturated carbocycles. The van der Waals surface area contributed by atoms with Crippen LogP contribution in [0.15, 0.2) is 12.7 Å². The Labute approximate surface area is 162 Å². The minimum Gasteiger partial charge on any atom is -0.397 e. The van der Waals surface area contributed by atoms with Gasteiger partial charge in [-0.3, -0.25) is 4.57 Å². The van der Waals surface area contributed by atoms with Crippen molar-refractivity contribution in [2.24, 2.45) is 5.92 Å². The van der Waals surface area contributed by atoms with Gasteiger partial charge < -0.3 is 9.84 Å². The number of imidazole rings is 1. The Balaban J connectivity index is 0.000000218. The molecule has 2 aromatic heterocycles. The van der Waals surface area contributed by atoms with Crippen LogP contribution in [-0.2, 0) is 4.74 Å². The van der Waals surface area contributed by atoms with E-state index in [0.717, 1.165) is 35.6 Å². The van der Waals surface area contributed by atoms with Crippen LogP contribution in [0, 0.1) is 25.2 Å². The molecule has 27 heavy (non-hydrogen) atoms. The number of fused-ring (bicyclic) bond motifs is 1. The maximum absolute atomic E-state index is 7.57. The molecule has 2 fully saturated rings. The van der Waals surface area contributed by atoms with E-state index in [0.29, 0.717) is 0 Å². The first-order valence-corrected chi connectivity index (χ1v) is 9.97. The maximum Gasteiger partial charge on any atom is 0.165 e. The zero-order chi connectivity index (χ0) is 19.6. The van der Waals surface area contributed by atoms with Crippen LogP contribution in [0.1, 0.15) is 70.7 Å². The Bertz CT molecular complexity index is 731. The van der Waals surface area contributed by atoms with Crippen molar-refractivity contribution in [2.45, 2.75) is 78.0 Å². The Morgan fingerprint density at radius 2 is 1.89 bits per heavy atom. The second kappa shape index (κ2) is 11.0. The highest BCUT2D eigenvalue weighted by molar-refractivity contribution is 5.72. The quantitative estimate of drug-likeness (QED) is 0.765. The fourth-order valence-electron chi connectivity index (χ4n) is 3.43. The lowest BCUT2D eigenvalue weighted by molar-refractivity contribution is 0.0300. The summed E-state index contributed by atoms with van der Waals surface area (Å²) in [5.74, 6) is 3.66. The van der Waals surface area contributed by atoms with E-state index in [1.165, 1.54) is 32.1 Å². The summed E-state index contributed by atoms with van der Waals surface area (Å²) >= 11 is 0. The summed E-state index contributed by atoms with van der Waals surface area (Å²) in [5, 5.41) is 7.57. The van der Waals surface area contributed by atoms with Crippen molar-refractivity contribution in [3.05, 3.63) is 18.3 Å². The number of ether oxygens (including phenoxy) is 1. The molecule has 2 unspecified atom stereocenters. The van der Waals surface area contributed by atoms with Crippen LogP contribution in [-0.4, -0.2) is 37.3 Å². The highest BCUT2D eigenvalue weighted by Gasteiger charge is 2.26. The first-order chi connectivity index (χ1) is 13.1. The van der Waals surface area contributed by atoms with E-state index >= 15 is 0 Å². The molecular weight excluding hydrogens is 340 g/mol. The molecule has 1 N–H and O–H groups in total. The average molecular weight is 373 g/mol. The number of aromatic nitrogens is 4. The first-order valence-electron chi connectivity index (χ1n) is 9.97. The van der Waals surface area contributed by atoms with Crippen LogP contribution in [0.3, 0.4) is 0 Å². The van der Waals surface area contributed by atoms with Crippen molar-refractivity contribution in [1.82, 2.24) is 19.5 Å². The Kier molecular flexibility index (Phi) is 8.70. The smallest absolute Gasteiger partial charge is 0.165 e. The molecule has 1 aliphatic carbocycles. The molecule has 6 heteroatoms. The topological polar surface area (TPSA) is 73.1 Å². The van der Waals surface area contributed by atoms with Gasteiger partial charge in [0.2, 0.25) is 0 Å². The number of aliphatic hydroxyl groups is 1. The number of rotatable bonds is 1. The Morgan fingerprint density at radius 1 is 1.19 bits per heavy atom. The van der Waals surface area contributed by atoms with E-state index in [2.05, 4.69) is 27.8 Å². The van der Waals surface area contributed by atoms with E-state index in [4.69, 9.17) is 16.3 Å². The van der Waals surface area contributed by atoms with Gasteiger partial charge in [-0.15, -0.1) is 6.42 Å². The number of aliphatic hydroxyl groups excluding tert-OH is 1. The zero-order valence-corrected chi connectivity index (χ0v) is 16.8. The van der Waals surface area contributed by atoms with Crippen LogP contribution >= 0.6 is 0 Å². The predicted octanol–water partition coefficient (Wildman–Crippen LogP) is 4.03.